The number of rotatable bonds is 7. The van der Waals surface area contributed by atoms with Crippen LogP contribution in [0.5, 0.6) is 5.75 Å². The molecule has 0 saturated carbocycles. The van der Waals surface area contributed by atoms with Crippen molar-refractivity contribution in [3.63, 3.8) is 0 Å². The maximum Gasteiger partial charge on any atom is 0.224 e. The fraction of sp³-hybridized carbons (Fsp3) is 0.429. The Kier molecular flexibility index (Phi) is 6.02. The molecule has 0 atom stereocenters. The second-order valence-electron chi connectivity index (χ2n) is 4.21. The maximum atomic E-state index is 11.8. The van der Waals surface area contributed by atoms with Gasteiger partial charge in [-0.3, -0.25) is 9.59 Å². The molecule has 5 heteroatoms. The predicted molar refractivity (Wildman–Crippen MR) is 73.6 cm³/mol. The van der Waals surface area contributed by atoms with Gasteiger partial charge < -0.3 is 15.4 Å². The minimum Gasteiger partial charge on any atom is -0.496 e. The van der Waals surface area contributed by atoms with Crippen molar-refractivity contribution in [3.8, 4) is 5.75 Å². The van der Waals surface area contributed by atoms with Crippen molar-refractivity contribution in [3.05, 3.63) is 29.3 Å². The molecule has 0 spiro atoms. The van der Waals surface area contributed by atoms with E-state index in [4.69, 9.17) is 4.74 Å². The third-order valence-corrected chi connectivity index (χ3v) is 2.74. The van der Waals surface area contributed by atoms with E-state index in [0.717, 1.165) is 12.1 Å². The molecule has 0 saturated heterocycles. The van der Waals surface area contributed by atoms with Gasteiger partial charge in [0.05, 0.1) is 13.5 Å². The first kappa shape index (κ1) is 15.2. The first-order chi connectivity index (χ1) is 9.08. The number of ketones is 1. The third kappa shape index (κ3) is 4.71. The van der Waals surface area contributed by atoms with E-state index in [9.17, 15) is 9.59 Å². The van der Waals surface area contributed by atoms with E-state index in [1.807, 2.05) is 7.05 Å². The molecular weight excluding hydrogens is 244 g/mol. The van der Waals surface area contributed by atoms with Crippen LogP contribution in [0.4, 0.5) is 0 Å². The van der Waals surface area contributed by atoms with Gasteiger partial charge in [-0.2, -0.15) is 0 Å². The van der Waals surface area contributed by atoms with Gasteiger partial charge in [-0.1, -0.05) is 0 Å². The molecule has 0 aromatic heterocycles. The van der Waals surface area contributed by atoms with Gasteiger partial charge in [0.1, 0.15) is 5.75 Å². The van der Waals surface area contributed by atoms with Gasteiger partial charge in [0.15, 0.2) is 5.78 Å². The summed E-state index contributed by atoms with van der Waals surface area (Å²) in [6, 6.07) is 5.12. The molecule has 0 aliphatic heterocycles. The van der Waals surface area contributed by atoms with Crippen molar-refractivity contribution in [2.75, 3.05) is 27.2 Å². The predicted octanol–water partition coefficient (Wildman–Crippen LogP) is 0.776. The molecule has 5 nitrogen and oxygen atoms in total. The number of ether oxygens (including phenoxy) is 1. The van der Waals surface area contributed by atoms with Crippen LogP contribution < -0.4 is 15.4 Å². The van der Waals surface area contributed by atoms with Crippen LogP contribution in [-0.4, -0.2) is 38.9 Å². The fourth-order valence-electron chi connectivity index (χ4n) is 1.70. The highest BCUT2D eigenvalue weighted by Crippen LogP contribution is 2.20. The first-order valence-corrected chi connectivity index (χ1v) is 6.17. The fourth-order valence-corrected chi connectivity index (χ4v) is 1.70. The number of methoxy groups -OCH3 is 1. The van der Waals surface area contributed by atoms with Gasteiger partial charge in [0.25, 0.3) is 0 Å². The number of carbonyl (C=O) groups is 2. The van der Waals surface area contributed by atoms with Crippen molar-refractivity contribution >= 4 is 11.7 Å². The van der Waals surface area contributed by atoms with Gasteiger partial charge in [-0.05, 0) is 32.2 Å². The Balaban J connectivity index is 2.77. The van der Waals surface area contributed by atoms with E-state index in [2.05, 4.69) is 10.6 Å². The quantitative estimate of drug-likeness (QED) is 0.564. The van der Waals surface area contributed by atoms with Crippen LogP contribution in [0.1, 0.15) is 22.8 Å². The molecule has 0 bridgehead atoms. The van der Waals surface area contributed by atoms with Gasteiger partial charge in [-0.15, -0.1) is 0 Å². The Morgan fingerprint density at radius 3 is 2.58 bits per heavy atom. The van der Waals surface area contributed by atoms with Crippen LogP contribution in [0.15, 0.2) is 18.2 Å². The average Bonchev–Trinajstić information content (AvgIpc) is 2.38. The van der Waals surface area contributed by atoms with Gasteiger partial charge >= 0.3 is 0 Å². The average molecular weight is 264 g/mol. The van der Waals surface area contributed by atoms with Gasteiger partial charge in [0.2, 0.25) is 5.91 Å². The molecule has 0 aliphatic carbocycles. The van der Waals surface area contributed by atoms with Crippen LogP contribution in [0, 0.1) is 0 Å². The van der Waals surface area contributed by atoms with Crippen LogP contribution >= 0.6 is 0 Å². The first-order valence-electron chi connectivity index (χ1n) is 6.17. The van der Waals surface area contributed by atoms with E-state index in [1.54, 1.807) is 25.3 Å². The number of amides is 1. The number of nitrogens with one attached hydrogen (secondary N) is 2. The van der Waals surface area contributed by atoms with Crippen molar-refractivity contribution < 1.29 is 14.3 Å². The topological polar surface area (TPSA) is 67.4 Å². The largest absolute Gasteiger partial charge is 0.496 e. The monoisotopic (exact) mass is 264 g/mol. The van der Waals surface area contributed by atoms with E-state index >= 15 is 0 Å². The third-order valence-electron chi connectivity index (χ3n) is 2.74. The summed E-state index contributed by atoms with van der Waals surface area (Å²) in [6.45, 7) is 2.79. The Morgan fingerprint density at radius 1 is 1.26 bits per heavy atom. The van der Waals surface area contributed by atoms with Crippen molar-refractivity contribution in [1.82, 2.24) is 10.6 Å². The lowest BCUT2D eigenvalue weighted by atomic mass is 10.0. The highest BCUT2D eigenvalue weighted by molar-refractivity contribution is 5.94. The number of Topliss-reactive ketones (excluding diaryl/α,β-unsaturated/α-hetero) is 1. The highest BCUT2D eigenvalue weighted by atomic mass is 16.5. The van der Waals surface area contributed by atoms with E-state index in [0.29, 0.717) is 17.9 Å². The zero-order chi connectivity index (χ0) is 14.3. The minimum absolute atomic E-state index is 0.0282. The van der Waals surface area contributed by atoms with Gasteiger partial charge in [0, 0.05) is 24.2 Å². The lowest BCUT2D eigenvalue weighted by Crippen LogP contribution is -2.31. The number of hydrogen-bond acceptors (Lipinski definition) is 4. The summed E-state index contributed by atoms with van der Waals surface area (Å²) >= 11 is 0. The summed E-state index contributed by atoms with van der Waals surface area (Å²) in [4.78, 5) is 23.1. The second kappa shape index (κ2) is 7.53. The molecule has 0 radical (unpaired) electrons. The smallest absolute Gasteiger partial charge is 0.224 e. The number of hydrogen-bond donors (Lipinski definition) is 2. The second-order valence-corrected chi connectivity index (χ2v) is 4.21. The molecule has 0 fully saturated rings. The molecular formula is C14H20N2O3. The standard InChI is InChI=1S/C14H20N2O3/c1-10(17)11-4-5-13(19-3)12(8-11)9-14(18)16-7-6-15-2/h4-5,8,15H,6-7,9H2,1-3H3,(H,16,18). The summed E-state index contributed by atoms with van der Waals surface area (Å²) < 4.78 is 5.20. The van der Waals surface area contributed by atoms with E-state index in [-0.39, 0.29) is 18.1 Å². The zero-order valence-electron chi connectivity index (χ0n) is 11.6. The lowest BCUT2D eigenvalue weighted by Gasteiger charge is -2.10. The van der Waals surface area contributed by atoms with Crippen molar-refractivity contribution in [2.24, 2.45) is 0 Å². The van der Waals surface area contributed by atoms with Crippen LogP contribution in [0.3, 0.4) is 0 Å². The lowest BCUT2D eigenvalue weighted by molar-refractivity contribution is -0.120. The van der Waals surface area contributed by atoms with Gasteiger partial charge in [-0.25, -0.2) is 0 Å². The Labute approximate surface area is 113 Å². The van der Waals surface area contributed by atoms with Crippen molar-refractivity contribution in [2.45, 2.75) is 13.3 Å². The zero-order valence-corrected chi connectivity index (χ0v) is 11.6. The normalized spacial score (nSPS) is 10.1. The molecule has 0 unspecified atom stereocenters. The number of benzene rings is 1. The van der Waals surface area contributed by atoms with Crippen LogP contribution in [-0.2, 0) is 11.2 Å². The molecule has 0 heterocycles. The molecule has 0 aliphatic rings. The Hall–Kier alpha value is -1.88. The minimum atomic E-state index is -0.0887. The molecule has 1 aromatic carbocycles. The molecule has 104 valence electrons. The van der Waals surface area contributed by atoms with E-state index < -0.39 is 0 Å². The van der Waals surface area contributed by atoms with Crippen molar-refractivity contribution in [1.29, 1.82) is 0 Å². The summed E-state index contributed by atoms with van der Waals surface area (Å²) in [5.74, 6) is 0.502. The SMILES string of the molecule is CNCCNC(=O)Cc1cc(C(C)=O)ccc1OC. The summed E-state index contributed by atoms with van der Waals surface area (Å²) in [6.07, 6.45) is 0.202. The molecule has 1 rings (SSSR count). The maximum absolute atomic E-state index is 11.8. The van der Waals surface area contributed by atoms with Crippen LogP contribution in [0.25, 0.3) is 0 Å². The van der Waals surface area contributed by atoms with E-state index in [1.165, 1.54) is 6.92 Å². The van der Waals surface area contributed by atoms with Crippen LogP contribution in [0.2, 0.25) is 0 Å². The summed E-state index contributed by atoms with van der Waals surface area (Å²) in [5.41, 5.74) is 1.30. The summed E-state index contributed by atoms with van der Waals surface area (Å²) in [5, 5.41) is 5.74. The Bertz CT molecular complexity index is 458. The number of carbonyl (C=O) groups excluding carboxylic acids is 2. The Morgan fingerprint density at radius 2 is 2.00 bits per heavy atom. The highest BCUT2D eigenvalue weighted by Gasteiger charge is 2.11. The molecule has 1 amide bonds. The number of likely N-dealkylation sites (N-methyl/N-ethyl adjacent to an activating group) is 1. The summed E-state index contributed by atoms with van der Waals surface area (Å²) in [7, 11) is 3.37. The molecule has 2 N–H and O–H groups in total. The molecule has 1 aromatic rings. The molecule has 19 heavy (non-hydrogen) atoms.